The number of aliphatic carboxylic acids is 1. The molecule has 0 aromatic heterocycles. The van der Waals surface area contributed by atoms with E-state index < -0.39 is 5.97 Å². The Bertz CT molecular complexity index is 539. The Hall–Kier alpha value is -2.50. The zero-order chi connectivity index (χ0) is 15.8. The third-order valence-electron chi connectivity index (χ3n) is 2.86. The van der Waals surface area contributed by atoms with Crippen LogP contribution in [0.4, 0.5) is 0 Å². The molecule has 21 heavy (non-hydrogen) atoms. The maximum atomic E-state index is 11.7. The first-order valence-electron chi connectivity index (χ1n) is 6.43. The van der Waals surface area contributed by atoms with Crippen LogP contribution in [0.3, 0.4) is 0 Å². The second-order valence-corrected chi connectivity index (χ2v) is 4.28. The Morgan fingerprint density at radius 1 is 1.33 bits per heavy atom. The van der Waals surface area contributed by atoms with Crippen molar-refractivity contribution in [2.75, 3.05) is 27.3 Å². The van der Waals surface area contributed by atoms with Gasteiger partial charge in [0.2, 0.25) is 0 Å². The monoisotopic (exact) mass is 293 g/mol. The number of benzene rings is 1. The molecule has 0 spiro atoms. The number of amides is 1. The number of nitrogens with zero attached hydrogens (tertiary/aromatic N) is 1. The molecule has 6 nitrogen and oxygen atoms in total. The van der Waals surface area contributed by atoms with E-state index in [1.807, 2.05) is 6.92 Å². The average molecular weight is 293 g/mol. The van der Waals surface area contributed by atoms with E-state index in [2.05, 4.69) is 0 Å². The van der Waals surface area contributed by atoms with E-state index in [0.717, 1.165) is 6.08 Å². The summed E-state index contributed by atoms with van der Waals surface area (Å²) in [5, 5.41) is 8.62. The lowest BCUT2D eigenvalue weighted by molar-refractivity contribution is -0.132. The standard InChI is InChI=1S/C15H19NO5/c1-4-16(2)14(17)10-21-13-9-11(6-8-15(18)19)5-7-12(13)20-3/h5-9H,4,10H2,1-3H3,(H,18,19)/b8-6+. The Morgan fingerprint density at radius 3 is 2.62 bits per heavy atom. The van der Waals surface area contributed by atoms with E-state index in [4.69, 9.17) is 14.6 Å². The van der Waals surface area contributed by atoms with Gasteiger partial charge in [0.25, 0.3) is 5.91 Å². The molecule has 0 saturated heterocycles. The second-order valence-electron chi connectivity index (χ2n) is 4.28. The molecule has 0 saturated carbocycles. The number of rotatable bonds is 7. The Balaban J connectivity index is 2.85. The molecule has 1 amide bonds. The molecule has 6 heteroatoms. The van der Waals surface area contributed by atoms with Crippen molar-refractivity contribution in [2.45, 2.75) is 6.92 Å². The molecule has 0 aliphatic rings. The van der Waals surface area contributed by atoms with Gasteiger partial charge < -0.3 is 19.5 Å². The number of carbonyl (C=O) groups excluding carboxylic acids is 1. The molecule has 0 aliphatic carbocycles. The number of hydrogen-bond acceptors (Lipinski definition) is 4. The van der Waals surface area contributed by atoms with E-state index in [1.165, 1.54) is 13.2 Å². The van der Waals surface area contributed by atoms with Gasteiger partial charge in [-0.15, -0.1) is 0 Å². The van der Waals surface area contributed by atoms with Crippen molar-refractivity contribution in [1.29, 1.82) is 0 Å². The predicted molar refractivity (Wildman–Crippen MR) is 78.5 cm³/mol. The predicted octanol–water partition coefficient (Wildman–Crippen LogP) is 1.65. The molecule has 114 valence electrons. The van der Waals surface area contributed by atoms with Crippen LogP contribution in [0.5, 0.6) is 11.5 Å². The van der Waals surface area contributed by atoms with Crippen molar-refractivity contribution in [1.82, 2.24) is 4.90 Å². The summed E-state index contributed by atoms with van der Waals surface area (Å²) in [4.78, 5) is 23.8. The SMILES string of the molecule is CCN(C)C(=O)COc1cc(/C=C/C(=O)O)ccc1OC. The zero-order valence-electron chi connectivity index (χ0n) is 12.3. The van der Waals surface area contributed by atoms with Gasteiger partial charge in [-0.2, -0.15) is 0 Å². The number of carboxylic acids is 1. The van der Waals surface area contributed by atoms with Crippen LogP contribution in [-0.4, -0.2) is 49.2 Å². The summed E-state index contributed by atoms with van der Waals surface area (Å²) in [6.45, 7) is 2.36. The topological polar surface area (TPSA) is 76.1 Å². The van der Waals surface area contributed by atoms with Gasteiger partial charge in [-0.25, -0.2) is 4.79 Å². The quantitative estimate of drug-likeness (QED) is 0.774. The van der Waals surface area contributed by atoms with Crippen molar-refractivity contribution in [3.05, 3.63) is 29.8 Å². The molecule has 0 bridgehead atoms. The van der Waals surface area contributed by atoms with Crippen LogP contribution in [0.15, 0.2) is 24.3 Å². The maximum Gasteiger partial charge on any atom is 0.328 e. The van der Waals surface area contributed by atoms with E-state index >= 15 is 0 Å². The number of ether oxygens (including phenoxy) is 2. The van der Waals surface area contributed by atoms with Gasteiger partial charge in [0, 0.05) is 19.7 Å². The molecule has 1 N–H and O–H groups in total. The van der Waals surface area contributed by atoms with E-state index in [1.54, 1.807) is 30.1 Å². The van der Waals surface area contributed by atoms with Crippen LogP contribution in [0.25, 0.3) is 6.08 Å². The molecule has 0 fully saturated rings. The summed E-state index contributed by atoms with van der Waals surface area (Å²) in [5.41, 5.74) is 0.643. The highest BCUT2D eigenvalue weighted by molar-refractivity contribution is 5.85. The van der Waals surface area contributed by atoms with Gasteiger partial charge in [0.1, 0.15) is 0 Å². The lowest BCUT2D eigenvalue weighted by atomic mass is 10.2. The minimum absolute atomic E-state index is 0.104. The maximum absolute atomic E-state index is 11.7. The van der Waals surface area contributed by atoms with Gasteiger partial charge in [-0.05, 0) is 30.7 Å². The van der Waals surface area contributed by atoms with Crippen molar-refractivity contribution in [3.63, 3.8) is 0 Å². The number of methoxy groups -OCH3 is 1. The highest BCUT2D eigenvalue weighted by Crippen LogP contribution is 2.28. The molecule has 0 radical (unpaired) electrons. The van der Waals surface area contributed by atoms with Crippen LogP contribution >= 0.6 is 0 Å². The lowest BCUT2D eigenvalue weighted by Gasteiger charge is -2.16. The Labute approximate surface area is 123 Å². The molecule has 0 unspecified atom stereocenters. The fraction of sp³-hybridized carbons (Fsp3) is 0.333. The van der Waals surface area contributed by atoms with E-state index in [0.29, 0.717) is 23.6 Å². The third-order valence-corrected chi connectivity index (χ3v) is 2.86. The van der Waals surface area contributed by atoms with Crippen molar-refractivity contribution >= 4 is 18.0 Å². The Kier molecular flexibility index (Phi) is 6.26. The summed E-state index contributed by atoms with van der Waals surface area (Å²) in [6, 6.07) is 4.98. The van der Waals surface area contributed by atoms with Crippen molar-refractivity contribution < 1.29 is 24.2 Å². The molecule has 1 aromatic rings. The molecule has 0 aliphatic heterocycles. The minimum Gasteiger partial charge on any atom is -0.493 e. The number of carbonyl (C=O) groups is 2. The van der Waals surface area contributed by atoms with Gasteiger partial charge in [0.05, 0.1) is 7.11 Å². The second kappa shape index (κ2) is 7.94. The molecule has 0 atom stereocenters. The average Bonchev–Trinajstić information content (AvgIpc) is 2.49. The Morgan fingerprint density at radius 2 is 2.05 bits per heavy atom. The highest BCUT2D eigenvalue weighted by Gasteiger charge is 2.10. The number of carboxylic acid groups (broad SMARTS) is 1. The van der Waals surface area contributed by atoms with Crippen LogP contribution in [0.2, 0.25) is 0 Å². The van der Waals surface area contributed by atoms with Crippen LogP contribution in [0, 0.1) is 0 Å². The molecular formula is C15H19NO5. The summed E-state index contributed by atoms with van der Waals surface area (Å²) < 4.78 is 10.6. The first-order chi connectivity index (χ1) is 9.97. The number of hydrogen-bond donors (Lipinski definition) is 1. The fourth-order valence-corrected chi connectivity index (χ4v) is 1.50. The van der Waals surface area contributed by atoms with Gasteiger partial charge in [-0.3, -0.25) is 4.79 Å². The normalized spacial score (nSPS) is 10.4. The smallest absolute Gasteiger partial charge is 0.328 e. The van der Waals surface area contributed by atoms with Gasteiger partial charge in [0.15, 0.2) is 18.1 Å². The van der Waals surface area contributed by atoms with E-state index in [-0.39, 0.29) is 12.5 Å². The number of likely N-dealkylation sites (N-methyl/N-ethyl adjacent to an activating group) is 1. The fourth-order valence-electron chi connectivity index (χ4n) is 1.50. The van der Waals surface area contributed by atoms with Crippen LogP contribution in [-0.2, 0) is 9.59 Å². The molecule has 1 aromatic carbocycles. The van der Waals surface area contributed by atoms with Crippen molar-refractivity contribution in [3.8, 4) is 11.5 Å². The third kappa shape index (κ3) is 5.18. The summed E-state index contributed by atoms with van der Waals surface area (Å²) in [5.74, 6) is -0.309. The summed E-state index contributed by atoms with van der Waals surface area (Å²) >= 11 is 0. The first-order valence-corrected chi connectivity index (χ1v) is 6.43. The first kappa shape index (κ1) is 16.6. The summed E-state index contributed by atoms with van der Waals surface area (Å²) in [6.07, 6.45) is 2.47. The largest absolute Gasteiger partial charge is 0.493 e. The highest BCUT2D eigenvalue weighted by atomic mass is 16.5. The molecule has 1 rings (SSSR count). The molecular weight excluding hydrogens is 274 g/mol. The van der Waals surface area contributed by atoms with E-state index in [9.17, 15) is 9.59 Å². The zero-order valence-corrected chi connectivity index (χ0v) is 12.3. The van der Waals surface area contributed by atoms with Gasteiger partial charge in [-0.1, -0.05) is 6.07 Å². The molecule has 0 heterocycles. The van der Waals surface area contributed by atoms with Crippen LogP contribution < -0.4 is 9.47 Å². The van der Waals surface area contributed by atoms with Crippen molar-refractivity contribution in [2.24, 2.45) is 0 Å². The summed E-state index contributed by atoms with van der Waals surface area (Å²) in [7, 11) is 3.18. The lowest BCUT2D eigenvalue weighted by Crippen LogP contribution is -2.31. The minimum atomic E-state index is -1.03. The van der Waals surface area contributed by atoms with Gasteiger partial charge >= 0.3 is 5.97 Å². The van der Waals surface area contributed by atoms with Crippen LogP contribution in [0.1, 0.15) is 12.5 Å².